The van der Waals surface area contributed by atoms with Crippen LogP contribution in [-0.2, 0) is 6.54 Å². The fourth-order valence-corrected chi connectivity index (χ4v) is 3.70. The van der Waals surface area contributed by atoms with Crippen LogP contribution in [0.1, 0.15) is 34.9 Å². The van der Waals surface area contributed by atoms with Gasteiger partial charge >= 0.3 is 0 Å². The lowest BCUT2D eigenvalue weighted by Gasteiger charge is -2.22. The molecule has 1 aliphatic rings. The maximum absolute atomic E-state index is 12.9. The maximum atomic E-state index is 12.9. The molecule has 0 aliphatic carbocycles. The Kier molecular flexibility index (Phi) is 7.01. The van der Waals surface area contributed by atoms with Gasteiger partial charge in [0, 0.05) is 13.6 Å². The molecule has 0 atom stereocenters. The van der Waals surface area contributed by atoms with Gasteiger partial charge in [0.1, 0.15) is 0 Å². The minimum Gasteiger partial charge on any atom is -0.336 e. The van der Waals surface area contributed by atoms with Gasteiger partial charge in [-0.2, -0.15) is 0 Å². The Morgan fingerprint density at radius 3 is 2.55 bits per heavy atom. The average Bonchev–Trinajstić information content (AvgIpc) is 3.25. The van der Waals surface area contributed by atoms with Crippen LogP contribution >= 0.6 is 12.4 Å². The minimum absolute atomic E-state index is 0. The number of aromatic nitrogens is 3. The number of halogens is 1. The van der Waals surface area contributed by atoms with Crippen molar-refractivity contribution in [1.82, 2.24) is 25.2 Å². The molecule has 3 aromatic rings. The number of benzene rings is 2. The van der Waals surface area contributed by atoms with Crippen LogP contribution in [0.5, 0.6) is 0 Å². The normalized spacial score (nSPS) is 14.2. The third kappa shape index (κ3) is 4.83. The summed E-state index contributed by atoms with van der Waals surface area (Å²) in [6.45, 7) is 2.47. The summed E-state index contributed by atoms with van der Waals surface area (Å²) in [7, 11) is 1.81. The van der Waals surface area contributed by atoms with Gasteiger partial charge in [-0.3, -0.25) is 4.79 Å². The van der Waals surface area contributed by atoms with Crippen molar-refractivity contribution in [2.24, 2.45) is 0 Å². The fourth-order valence-electron chi connectivity index (χ4n) is 3.70. The molecule has 7 heteroatoms. The van der Waals surface area contributed by atoms with E-state index in [4.69, 9.17) is 0 Å². The molecule has 1 amide bonds. The second kappa shape index (κ2) is 9.67. The number of nitrogens with zero attached hydrogens (tertiary/aromatic N) is 4. The summed E-state index contributed by atoms with van der Waals surface area (Å²) in [6.07, 6.45) is 3.81. The number of hydrogen-bond donors (Lipinski definition) is 1. The Balaban J connectivity index is 0.00000240. The van der Waals surface area contributed by atoms with Gasteiger partial charge in [0.2, 0.25) is 0 Å². The third-order valence-electron chi connectivity index (χ3n) is 5.27. The van der Waals surface area contributed by atoms with Crippen molar-refractivity contribution in [2.45, 2.75) is 25.4 Å². The highest BCUT2D eigenvalue weighted by Crippen LogP contribution is 2.24. The molecular weight excluding hydrogens is 386 g/mol. The van der Waals surface area contributed by atoms with Crippen LogP contribution < -0.4 is 5.32 Å². The summed E-state index contributed by atoms with van der Waals surface area (Å²) in [6, 6.07) is 18.8. The second-order valence-electron chi connectivity index (χ2n) is 7.25. The van der Waals surface area contributed by atoms with Crippen LogP contribution in [-0.4, -0.2) is 45.9 Å². The first-order chi connectivity index (χ1) is 13.7. The molecule has 1 aromatic heterocycles. The van der Waals surface area contributed by atoms with Gasteiger partial charge in [-0.05, 0) is 42.6 Å². The van der Waals surface area contributed by atoms with Crippen molar-refractivity contribution in [3.8, 4) is 11.1 Å². The molecule has 0 spiro atoms. The number of hydrogen-bond acceptors (Lipinski definition) is 4. The fraction of sp³-hybridized carbons (Fsp3) is 0.318. The molecule has 1 aliphatic heterocycles. The van der Waals surface area contributed by atoms with Crippen LogP contribution in [0.2, 0.25) is 0 Å². The molecule has 1 N–H and O–H groups in total. The predicted octanol–water partition coefficient (Wildman–Crippen LogP) is 3.56. The van der Waals surface area contributed by atoms with Crippen molar-refractivity contribution in [1.29, 1.82) is 0 Å². The van der Waals surface area contributed by atoms with Crippen LogP contribution in [0.3, 0.4) is 0 Å². The summed E-state index contributed by atoms with van der Waals surface area (Å²) in [5.74, 6) is -0.108. The molecule has 0 radical (unpaired) electrons. The van der Waals surface area contributed by atoms with Crippen LogP contribution in [0.25, 0.3) is 11.1 Å². The van der Waals surface area contributed by atoms with E-state index in [-0.39, 0.29) is 18.3 Å². The van der Waals surface area contributed by atoms with Gasteiger partial charge in [0.15, 0.2) is 5.69 Å². The van der Waals surface area contributed by atoms with Crippen molar-refractivity contribution in [2.75, 3.05) is 20.1 Å². The number of piperidine rings is 1. The Morgan fingerprint density at radius 1 is 1.10 bits per heavy atom. The average molecular weight is 412 g/mol. The van der Waals surface area contributed by atoms with Crippen molar-refractivity contribution < 1.29 is 4.79 Å². The zero-order chi connectivity index (χ0) is 19.3. The van der Waals surface area contributed by atoms with Gasteiger partial charge in [-0.15, -0.1) is 17.5 Å². The standard InChI is InChI=1S/C22H25N5O.ClH/c1-26(15-18-9-5-6-10-20(18)17-7-3-2-4-8-17)22(28)21-16-27(25-24-21)19-11-13-23-14-12-19;/h2-10,16,19,23H,11-15H2,1H3;1H. The third-order valence-corrected chi connectivity index (χ3v) is 5.27. The number of carbonyl (C=O) groups is 1. The predicted molar refractivity (Wildman–Crippen MR) is 116 cm³/mol. The van der Waals surface area contributed by atoms with E-state index in [0.717, 1.165) is 42.6 Å². The molecule has 1 saturated heterocycles. The molecule has 152 valence electrons. The topological polar surface area (TPSA) is 63.1 Å². The lowest BCUT2D eigenvalue weighted by molar-refractivity contribution is 0.0779. The lowest BCUT2D eigenvalue weighted by atomic mass is 9.99. The Labute approximate surface area is 177 Å². The smallest absolute Gasteiger partial charge is 0.276 e. The van der Waals surface area contributed by atoms with E-state index in [1.807, 2.05) is 42.1 Å². The number of nitrogens with one attached hydrogen (secondary N) is 1. The molecular formula is C22H26ClN5O. The largest absolute Gasteiger partial charge is 0.336 e. The Bertz CT molecular complexity index is 937. The quantitative estimate of drug-likeness (QED) is 0.697. The Hall–Kier alpha value is -2.70. The van der Waals surface area contributed by atoms with Crippen LogP contribution in [0.15, 0.2) is 60.8 Å². The van der Waals surface area contributed by atoms with E-state index in [0.29, 0.717) is 18.3 Å². The van der Waals surface area contributed by atoms with Gasteiger partial charge < -0.3 is 10.2 Å². The van der Waals surface area contributed by atoms with Crippen LogP contribution in [0, 0.1) is 0 Å². The molecule has 1 fully saturated rings. The van der Waals surface area contributed by atoms with Crippen molar-refractivity contribution in [3.63, 3.8) is 0 Å². The highest BCUT2D eigenvalue weighted by Gasteiger charge is 2.21. The van der Waals surface area contributed by atoms with Crippen molar-refractivity contribution >= 4 is 18.3 Å². The highest BCUT2D eigenvalue weighted by molar-refractivity contribution is 5.91. The van der Waals surface area contributed by atoms with Crippen molar-refractivity contribution in [3.05, 3.63) is 72.1 Å². The molecule has 6 nitrogen and oxygen atoms in total. The molecule has 0 bridgehead atoms. The van der Waals surface area contributed by atoms with E-state index >= 15 is 0 Å². The van der Waals surface area contributed by atoms with Gasteiger partial charge in [0.05, 0.1) is 12.2 Å². The molecule has 29 heavy (non-hydrogen) atoms. The number of amides is 1. The SMILES string of the molecule is CN(Cc1ccccc1-c1ccccc1)C(=O)c1cn(C2CCNCC2)nn1.Cl. The van der Waals surface area contributed by atoms with E-state index < -0.39 is 0 Å². The molecule has 2 aromatic carbocycles. The van der Waals surface area contributed by atoms with Crippen LogP contribution in [0.4, 0.5) is 0 Å². The second-order valence-corrected chi connectivity index (χ2v) is 7.25. The van der Waals surface area contributed by atoms with E-state index in [2.05, 4.69) is 39.9 Å². The van der Waals surface area contributed by atoms with E-state index in [1.54, 1.807) is 11.1 Å². The summed E-state index contributed by atoms with van der Waals surface area (Å²) >= 11 is 0. The first-order valence-electron chi connectivity index (χ1n) is 9.74. The van der Waals surface area contributed by atoms with Gasteiger partial charge in [0.25, 0.3) is 5.91 Å². The summed E-state index contributed by atoms with van der Waals surface area (Å²) in [4.78, 5) is 14.6. The van der Waals surface area contributed by atoms with E-state index in [9.17, 15) is 4.79 Å². The lowest BCUT2D eigenvalue weighted by Crippen LogP contribution is -2.29. The highest BCUT2D eigenvalue weighted by atomic mass is 35.5. The molecule has 0 saturated carbocycles. The zero-order valence-electron chi connectivity index (χ0n) is 16.5. The maximum Gasteiger partial charge on any atom is 0.276 e. The summed E-state index contributed by atoms with van der Waals surface area (Å²) in [5.41, 5.74) is 3.80. The first-order valence-corrected chi connectivity index (χ1v) is 9.74. The summed E-state index contributed by atoms with van der Waals surface area (Å²) < 4.78 is 1.85. The zero-order valence-corrected chi connectivity index (χ0v) is 17.3. The Morgan fingerprint density at radius 2 is 1.79 bits per heavy atom. The molecule has 2 heterocycles. The minimum atomic E-state index is -0.108. The monoisotopic (exact) mass is 411 g/mol. The first kappa shape index (κ1) is 21.0. The molecule has 4 rings (SSSR count). The van der Waals surface area contributed by atoms with E-state index in [1.165, 1.54) is 0 Å². The van der Waals surface area contributed by atoms with Gasteiger partial charge in [-0.25, -0.2) is 4.68 Å². The summed E-state index contributed by atoms with van der Waals surface area (Å²) in [5, 5.41) is 11.7. The number of rotatable bonds is 5. The molecule has 0 unspecified atom stereocenters. The van der Waals surface area contributed by atoms with Gasteiger partial charge in [-0.1, -0.05) is 59.8 Å². The number of carbonyl (C=O) groups excluding carboxylic acids is 1.